The predicted molar refractivity (Wildman–Crippen MR) is 91.2 cm³/mol. The monoisotopic (exact) mass is 292 g/mol. The number of hydrogen-bond donors (Lipinski definition) is 0. The van der Waals surface area contributed by atoms with Gasteiger partial charge in [-0.25, -0.2) is 0 Å². The van der Waals surface area contributed by atoms with E-state index in [1.54, 1.807) is 0 Å². The molecule has 0 aromatic carbocycles. The average molecular weight is 292 g/mol. The molecule has 0 N–H and O–H groups in total. The maximum atomic E-state index is 11.6. The van der Waals surface area contributed by atoms with E-state index >= 15 is 0 Å². The minimum absolute atomic E-state index is 0.149. The summed E-state index contributed by atoms with van der Waals surface area (Å²) in [7, 11) is 1.44. The molecule has 0 fully saturated rings. The van der Waals surface area contributed by atoms with E-state index in [0.29, 0.717) is 0 Å². The molecule has 0 bridgehead atoms. The second kappa shape index (κ2) is 9.59. The van der Waals surface area contributed by atoms with Crippen LogP contribution in [0.5, 0.6) is 0 Å². The first-order valence-electron chi connectivity index (χ1n) is 7.73. The molecule has 0 aromatic heterocycles. The van der Waals surface area contributed by atoms with Gasteiger partial charge in [0.25, 0.3) is 0 Å². The Bertz CT molecular complexity index is 407. The molecule has 2 heteroatoms. The lowest BCUT2D eigenvalue weighted by Crippen LogP contribution is -2.25. The van der Waals surface area contributed by atoms with Crippen LogP contribution < -0.4 is 0 Å². The number of ether oxygens (including phenoxy) is 1. The molecule has 0 rings (SSSR count). The van der Waals surface area contributed by atoms with Gasteiger partial charge < -0.3 is 4.74 Å². The van der Waals surface area contributed by atoms with Crippen LogP contribution in [0.15, 0.2) is 35.5 Å². The summed E-state index contributed by atoms with van der Waals surface area (Å²) in [5.41, 5.74) is 3.52. The Morgan fingerprint density at radius 3 is 2.29 bits per heavy atom. The minimum Gasteiger partial charge on any atom is -0.469 e. The highest BCUT2D eigenvalue weighted by Crippen LogP contribution is 2.26. The Kier molecular flexibility index (Phi) is 9.00. The van der Waals surface area contributed by atoms with Crippen molar-refractivity contribution in [1.82, 2.24) is 0 Å². The third kappa shape index (κ3) is 9.28. The molecule has 0 unspecified atom stereocenters. The largest absolute Gasteiger partial charge is 0.469 e. The van der Waals surface area contributed by atoms with E-state index in [4.69, 9.17) is 4.74 Å². The number of allylic oxidation sites excluding steroid dienone is 5. The molecule has 0 heterocycles. The first-order valence-corrected chi connectivity index (χ1v) is 7.73. The van der Waals surface area contributed by atoms with Gasteiger partial charge in [-0.2, -0.15) is 0 Å². The second-order valence-electron chi connectivity index (χ2n) is 6.70. The van der Waals surface area contributed by atoms with Gasteiger partial charge in [-0.15, -0.1) is 0 Å². The Morgan fingerprint density at radius 2 is 1.76 bits per heavy atom. The number of hydrogen-bond acceptors (Lipinski definition) is 2. The van der Waals surface area contributed by atoms with E-state index < -0.39 is 5.41 Å². The lowest BCUT2D eigenvalue weighted by molar-refractivity contribution is -0.151. The van der Waals surface area contributed by atoms with Gasteiger partial charge in [0.15, 0.2) is 0 Å². The minimum atomic E-state index is -0.431. The quantitative estimate of drug-likeness (QED) is 0.408. The lowest BCUT2D eigenvalue weighted by atomic mass is 9.86. The zero-order valence-corrected chi connectivity index (χ0v) is 14.7. The van der Waals surface area contributed by atoms with Crippen molar-refractivity contribution in [2.24, 2.45) is 5.41 Å². The van der Waals surface area contributed by atoms with E-state index in [9.17, 15) is 4.79 Å². The van der Waals surface area contributed by atoms with Gasteiger partial charge in [-0.1, -0.05) is 35.5 Å². The highest BCUT2D eigenvalue weighted by molar-refractivity contribution is 5.75. The third-order valence-corrected chi connectivity index (χ3v) is 3.67. The fraction of sp³-hybridized carbons (Fsp3) is 0.632. The topological polar surface area (TPSA) is 26.3 Å². The maximum Gasteiger partial charge on any atom is 0.311 e. The number of methoxy groups -OCH3 is 1. The van der Waals surface area contributed by atoms with Crippen molar-refractivity contribution >= 4 is 5.97 Å². The summed E-state index contributed by atoms with van der Waals surface area (Å²) in [5, 5.41) is 0. The molecule has 0 atom stereocenters. The Balaban J connectivity index is 4.15. The average Bonchev–Trinajstić information content (AvgIpc) is 2.41. The third-order valence-electron chi connectivity index (χ3n) is 3.67. The van der Waals surface area contributed by atoms with Crippen molar-refractivity contribution < 1.29 is 9.53 Å². The van der Waals surface area contributed by atoms with E-state index in [1.807, 2.05) is 13.8 Å². The van der Waals surface area contributed by atoms with Crippen molar-refractivity contribution in [3.63, 3.8) is 0 Å². The standard InChI is InChI=1S/C19H32O2/c1-15(2)9-8-10-16(3)11-12-17(4)13-14-19(5,6)18(20)21-7/h9,11H,4,8,10,12-14H2,1-3,5-7H3/b16-11+. The van der Waals surface area contributed by atoms with Crippen LogP contribution >= 0.6 is 0 Å². The highest BCUT2D eigenvalue weighted by atomic mass is 16.5. The number of rotatable bonds is 9. The number of carbonyl (C=O) groups is 1. The second-order valence-corrected chi connectivity index (χ2v) is 6.70. The fourth-order valence-electron chi connectivity index (χ4n) is 1.98. The zero-order valence-electron chi connectivity index (χ0n) is 14.7. The molecule has 21 heavy (non-hydrogen) atoms. The van der Waals surface area contributed by atoms with Gasteiger partial charge in [0.05, 0.1) is 12.5 Å². The molecule has 0 aromatic rings. The summed E-state index contributed by atoms with van der Waals surface area (Å²) in [6, 6.07) is 0. The van der Waals surface area contributed by atoms with Gasteiger partial charge in [0, 0.05) is 0 Å². The smallest absolute Gasteiger partial charge is 0.311 e. The van der Waals surface area contributed by atoms with Crippen LogP contribution in [-0.4, -0.2) is 13.1 Å². The van der Waals surface area contributed by atoms with Crippen LogP contribution in [0.4, 0.5) is 0 Å². The highest BCUT2D eigenvalue weighted by Gasteiger charge is 2.28. The van der Waals surface area contributed by atoms with Crippen molar-refractivity contribution in [1.29, 1.82) is 0 Å². The summed E-state index contributed by atoms with van der Waals surface area (Å²) in [4.78, 5) is 11.6. The number of esters is 1. The van der Waals surface area contributed by atoms with Crippen LogP contribution in [0.25, 0.3) is 0 Å². The predicted octanol–water partition coefficient (Wildman–Crippen LogP) is 5.60. The molecule has 2 nitrogen and oxygen atoms in total. The van der Waals surface area contributed by atoms with E-state index in [1.165, 1.54) is 23.8 Å². The number of carbonyl (C=O) groups excluding carboxylic acids is 1. The van der Waals surface area contributed by atoms with Crippen molar-refractivity contribution in [2.75, 3.05) is 7.11 Å². The van der Waals surface area contributed by atoms with E-state index in [2.05, 4.69) is 39.5 Å². The molecule has 0 saturated carbocycles. The molecule has 0 amide bonds. The van der Waals surface area contributed by atoms with Gasteiger partial charge in [-0.3, -0.25) is 4.79 Å². The Morgan fingerprint density at radius 1 is 1.14 bits per heavy atom. The molecule has 0 aliphatic heterocycles. The summed E-state index contributed by atoms with van der Waals surface area (Å²) in [6.07, 6.45) is 9.27. The van der Waals surface area contributed by atoms with Crippen LogP contribution in [0.2, 0.25) is 0 Å². The summed E-state index contributed by atoms with van der Waals surface area (Å²) < 4.78 is 4.82. The van der Waals surface area contributed by atoms with Crippen LogP contribution in [0, 0.1) is 5.41 Å². The van der Waals surface area contributed by atoms with Crippen molar-refractivity contribution in [3.8, 4) is 0 Å². The maximum absolute atomic E-state index is 11.6. The molecule has 0 saturated heterocycles. The van der Waals surface area contributed by atoms with E-state index in [0.717, 1.165) is 32.1 Å². The van der Waals surface area contributed by atoms with Crippen molar-refractivity contribution in [3.05, 3.63) is 35.5 Å². The first-order chi connectivity index (χ1) is 9.69. The lowest BCUT2D eigenvalue weighted by Gasteiger charge is -2.21. The molecular weight excluding hydrogens is 260 g/mol. The summed E-state index contributed by atoms with van der Waals surface area (Å²) in [5.74, 6) is -0.149. The molecule has 0 aliphatic carbocycles. The fourth-order valence-corrected chi connectivity index (χ4v) is 1.98. The molecule has 0 spiro atoms. The van der Waals surface area contributed by atoms with Gasteiger partial charge in [0.1, 0.15) is 0 Å². The van der Waals surface area contributed by atoms with Gasteiger partial charge >= 0.3 is 5.97 Å². The van der Waals surface area contributed by atoms with Gasteiger partial charge in [-0.05, 0) is 66.7 Å². The first kappa shape index (κ1) is 19.7. The molecule has 120 valence electrons. The summed E-state index contributed by atoms with van der Waals surface area (Å²) >= 11 is 0. The van der Waals surface area contributed by atoms with Crippen LogP contribution in [0.3, 0.4) is 0 Å². The van der Waals surface area contributed by atoms with Crippen LogP contribution in [-0.2, 0) is 9.53 Å². The Hall–Kier alpha value is -1.31. The van der Waals surface area contributed by atoms with Gasteiger partial charge in [0.2, 0.25) is 0 Å². The zero-order chi connectivity index (χ0) is 16.5. The van der Waals surface area contributed by atoms with Crippen molar-refractivity contribution in [2.45, 2.75) is 66.7 Å². The normalized spacial score (nSPS) is 12.0. The molecule has 0 radical (unpaired) electrons. The van der Waals surface area contributed by atoms with E-state index in [-0.39, 0.29) is 5.97 Å². The molecular formula is C19H32O2. The summed E-state index contributed by atoms with van der Waals surface area (Å²) in [6.45, 7) is 14.4. The Labute approximate surface area is 131 Å². The molecule has 0 aliphatic rings. The SMILES string of the molecule is C=C(C/C=C(\C)CCC=C(C)C)CCC(C)(C)C(=O)OC. The van der Waals surface area contributed by atoms with Crippen LogP contribution in [0.1, 0.15) is 66.7 Å².